The highest BCUT2D eigenvalue weighted by Gasteiger charge is 2.49. The standard InChI is InChI=1S/C28H26O3/c1-19(29)28(3)20(2)31-27(26(28)23-13-9-6-10-14-23)25(21-11-7-5-8-12-21)22-15-17-24(30-4)18-16-22/h5-18,25H,2H2,1,3-4H3/t25-,28+/m0/s1. The smallest absolute Gasteiger partial charge is 0.147 e. The SMILES string of the molecule is C=C1OC([C@@H](c2ccccc2)c2ccc(OC)cc2)=C(c2ccccc2)[C@]1(C)C(C)=O. The number of allylic oxidation sites excluding steroid dienone is 2. The van der Waals surface area contributed by atoms with Crippen molar-refractivity contribution in [2.45, 2.75) is 19.8 Å². The van der Waals surface area contributed by atoms with Crippen molar-refractivity contribution in [3.8, 4) is 5.75 Å². The van der Waals surface area contributed by atoms with E-state index in [1.165, 1.54) is 0 Å². The zero-order valence-corrected chi connectivity index (χ0v) is 18.1. The Bertz CT molecular complexity index is 1130. The number of carbonyl (C=O) groups is 1. The van der Waals surface area contributed by atoms with E-state index in [0.29, 0.717) is 5.76 Å². The number of benzene rings is 3. The van der Waals surface area contributed by atoms with Gasteiger partial charge in [0.2, 0.25) is 0 Å². The van der Waals surface area contributed by atoms with Gasteiger partial charge in [0.1, 0.15) is 28.5 Å². The van der Waals surface area contributed by atoms with E-state index in [9.17, 15) is 4.79 Å². The van der Waals surface area contributed by atoms with E-state index < -0.39 is 5.41 Å². The van der Waals surface area contributed by atoms with Gasteiger partial charge in [-0.25, -0.2) is 0 Å². The van der Waals surface area contributed by atoms with Crippen molar-refractivity contribution in [3.05, 3.63) is 120 Å². The van der Waals surface area contributed by atoms with Gasteiger partial charge in [0, 0.05) is 5.57 Å². The van der Waals surface area contributed by atoms with Gasteiger partial charge in [-0.3, -0.25) is 4.79 Å². The zero-order valence-electron chi connectivity index (χ0n) is 18.1. The molecule has 0 saturated heterocycles. The monoisotopic (exact) mass is 410 g/mol. The highest BCUT2D eigenvalue weighted by Crippen LogP contribution is 2.54. The van der Waals surface area contributed by atoms with Crippen LogP contribution in [0.2, 0.25) is 0 Å². The predicted octanol–water partition coefficient (Wildman–Crippen LogP) is 6.38. The number of methoxy groups -OCH3 is 1. The van der Waals surface area contributed by atoms with Gasteiger partial charge >= 0.3 is 0 Å². The van der Waals surface area contributed by atoms with Gasteiger partial charge in [-0.15, -0.1) is 0 Å². The molecule has 1 aliphatic rings. The Hall–Kier alpha value is -3.59. The van der Waals surface area contributed by atoms with Gasteiger partial charge in [0.15, 0.2) is 0 Å². The first-order valence-corrected chi connectivity index (χ1v) is 10.3. The van der Waals surface area contributed by atoms with E-state index in [0.717, 1.165) is 33.8 Å². The summed E-state index contributed by atoms with van der Waals surface area (Å²) in [5.41, 5.74) is 3.04. The Morgan fingerprint density at radius 2 is 1.45 bits per heavy atom. The van der Waals surface area contributed by atoms with Crippen LogP contribution in [-0.4, -0.2) is 12.9 Å². The van der Waals surface area contributed by atoms with Gasteiger partial charge in [-0.1, -0.05) is 79.4 Å². The fraction of sp³-hybridized carbons (Fsp3) is 0.179. The topological polar surface area (TPSA) is 35.5 Å². The molecule has 0 saturated carbocycles. The van der Waals surface area contributed by atoms with E-state index in [-0.39, 0.29) is 11.7 Å². The number of hydrogen-bond donors (Lipinski definition) is 0. The molecule has 1 aliphatic heterocycles. The lowest BCUT2D eigenvalue weighted by atomic mass is 9.73. The van der Waals surface area contributed by atoms with Crippen LogP contribution < -0.4 is 4.74 Å². The molecule has 4 rings (SSSR count). The first kappa shape index (κ1) is 20.7. The summed E-state index contributed by atoms with van der Waals surface area (Å²) in [6, 6.07) is 28.1. The van der Waals surface area contributed by atoms with Crippen molar-refractivity contribution in [1.29, 1.82) is 0 Å². The lowest BCUT2D eigenvalue weighted by molar-refractivity contribution is -0.122. The van der Waals surface area contributed by atoms with Gasteiger partial charge in [0.25, 0.3) is 0 Å². The van der Waals surface area contributed by atoms with Crippen LogP contribution >= 0.6 is 0 Å². The largest absolute Gasteiger partial charge is 0.497 e. The normalized spacial score (nSPS) is 19.1. The second-order valence-corrected chi connectivity index (χ2v) is 7.93. The number of Topliss-reactive ketones (excluding diaryl/α,β-unsaturated/α-hetero) is 1. The predicted molar refractivity (Wildman–Crippen MR) is 124 cm³/mol. The Balaban J connectivity index is 2.01. The highest BCUT2D eigenvalue weighted by molar-refractivity contribution is 6.01. The molecule has 2 atom stereocenters. The molecule has 3 heteroatoms. The van der Waals surface area contributed by atoms with Crippen LogP contribution in [0.15, 0.2) is 103 Å². The second-order valence-electron chi connectivity index (χ2n) is 7.93. The fourth-order valence-corrected chi connectivity index (χ4v) is 4.22. The number of rotatable bonds is 6. The van der Waals surface area contributed by atoms with Gasteiger partial charge in [0.05, 0.1) is 13.0 Å². The Labute approximate surface area is 183 Å². The van der Waals surface area contributed by atoms with Crippen LogP contribution in [0.1, 0.15) is 36.5 Å². The average molecular weight is 411 g/mol. The lowest BCUT2D eigenvalue weighted by Gasteiger charge is -2.24. The summed E-state index contributed by atoms with van der Waals surface area (Å²) in [4.78, 5) is 12.9. The maximum atomic E-state index is 12.9. The molecule has 0 unspecified atom stereocenters. The van der Waals surface area contributed by atoms with Crippen molar-refractivity contribution < 1.29 is 14.3 Å². The molecule has 31 heavy (non-hydrogen) atoms. The molecule has 0 bridgehead atoms. The fourth-order valence-electron chi connectivity index (χ4n) is 4.22. The third-order valence-electron chi connectivity index (χ3n) is 6.15. The molecule has 3 nitrogen and oxygen atoms in total. The summed E-state index contributed by atoms with van der Waals surface area (Å²) in [6.07, 6.45) is 0. The van der Waals surface area contributed by atoms with Crippen LogP contribution in [0.3, 0.4) is 0 Å². The van der Waals surface area contributed by atoms with Crippen LogP contribution in [0, 0.1) is 5.41 Å². The molecule has 0 fully saturated rings. The minimum Gasteiger partial charge on any atom is -0.497 e. The van der Waals surface area contributed by atoms with E-state index in [2.05, 4.69) is 18.7 Å². The minimum absolute atomic E-state index is 0.00731. The van der Waals surface area contributed by atoms with E-state index >= 15 is 0 Å². The summed E-state index contributed by atoms with van der Waals surface area (Å²) < 4.78 is 11.7. The molecule has 0 aliphatic carbocycles. The van der Waals surface area contributed by atoms with Gasteiger partial charge < -0.3 is 9.47 Å². The van der Waals surface area contributed by atoms with Crippen LogP contribution in [0.5, 0.6) is 5.75 Å². The van der Waals surface area contributed by atoms with Crippen molar-refractivity contribution in [3.63, 3.8) is 0 Å². The molecule has 0 spiro atoms. The lowest BCUT2D eigenvalue weighted by Crippen LogP contribution is -2.26. The Morgan fingerprint density at radius 3 is 2.00 bits per heavy atom. The van der Waals surface area contributed by atoms with E-state index in [4.69, 9.17) is 9.47 Å². The Morgan fingerprint density at radius 1 is 0.903 bits per heavy atom. The maximum absolute atomic E-state index is 12.9. The van der Waals surface area contributed by atoms with Crippen LogP contribution in [0.25, 0.3) is 5.57 Å². The molecule has 0 aromatic heterocycles. The van der Waals surface area contributed by atoms with Gasteiger partial charge in [-0.05, 0) is 42.7 Å². The van der Waals surface area contributed by atoms with E-state index in [1.54, 1.807) is 14.0 Å². The Kier molecular flexibility index (Phi) is 5.51. The summed E-state index contributed by atoms with van der Waals surface area (Å²) in [6.45, 7) is 7.66. The molecule has 3 aromatic carbocycles. The summed E-state index contributed by atoms with van der Waals surface area (Å²) in [5, 5.41) is 0. The molecule has 0 radical (unpaired) electrons. The summed E-state index contributed by atoms with van der Waals surface area (Å²) >= 11 is 0. The number of ketones is 1. The van der Waals surface area contributed by atoms with E-state index in [1.807, 2.05) is 79.7 Å². The summed E-state index contributed by atoms with van der Waals surface area (Å²) in [7, 11) is 1.65. The number of hydrogen-bond acceptors (Lipinski definition) is 3. The van der Waals surface area contributed by atoms with Crippen molar-refractivity contribution >= 4 is 11.4 Å². The van der Waals surface area contributed by atoms with Crippen LogP contribution in [-0.2, 0) is 9.53 Å². The van der Waals surface area contributed by atoms with Crippen LogP contribution in [0.4, 0.5) is 0 Å². The first-order valence-electron chi connectivity index (χ1n) is 10.3. The highest BCUT2D eigenvalue weighted by atomic mass is 16.5. The third kappa shape index (κ3) is 3.57. The van der Waals surface area contributed by atoms with Crippen molar-refractivity contribution in [1.82, 2.24) is 0 Å². The third-order valence-corrected chi connectivity index (χ3v) is 6.15. The molecule has 0 N–H and O–H groups in total. The minimum atomic E-state index is -0.920. The molecular weight excluding hydrogens is 384 g/mol. The quantitative estimate of drug-likeness (QED) is 0.473. The number of carbonyl (C=O) groups excluding carboxylic acids is 1. The first-order chi connectivity index (χ1) is 15.0. The van der Waals surface area contributed by atoms with Crippen molar-refractivity contribution in [2.24, 2.45) is 5.41 Å². The molecular formula is C28H26O3. The number of ether oxygens (including phenoxy) is 2. The second kappa shape index (κ2) is 8.27. The zero-order chi connectivity index (χ0) is 22.0. The molecule has 156 valence electrons. The summed E-state index contributed by atoms with van der Waals surface area (Å²) in [5.74, 6) is 1.81. The molecule has 0 amide bonds. The van der Waals surface area contributed by atoms with Gasteiger partial charge in [-0.2, -0.15) is 0 Å². The molecule has 1 heterocycles. The maximum Gasteiger partial charge on any atom is 0.147 e. The van der Waals surface area contributed by atoms with Crippen molar-refractivity contribution in [2.75, 3.05) is 7.11 Å². The molecule has 3 aromatic rings. The average Bonchev–Trinajstić information content (AvgIpc) is 3.07.